The number of aliphatic hydroxyl groups excluding tert-OH is 2. The van der Waals surface area contributed by atoms with Gasteiger partial charge in [-0.2, -0.15) is 0 Å². The molecule has 0 bridgehead atoms. The Morgan fingerprint density at radius 2 is 1.19 bits per heavy atom. The summed E-state index contributed by atoms with van der Waals surface area (Å²) < 4.78 is 10.9. The summed E-state index contributed by atoms with van der Waals surface area (Å²) in [6, 6.07) is 0. The van der Waals surface area contributed by atoms with Gasteiger partial charge in [-0.05, 0) is 44.9 Å². The second-order valence-electron chi connectivity index (χ2n) is 6.76. The van der Waals surface area contributed by atoms with Gasteiger partial charge >= 0.3 is 0 Å². The van der Waals surface area contributed by atoms with Crippen LogP contribution in [0.5, 0.6) is 0 Å². The molecule has 0 saturated heterocycles. The average Bonchev–Trinajstić information content (AvgIpc) is 2.42. The minimum Gasteiger partial charge on any atom is -0.394 e. The first-order valence-corrected chi connectivity index (χ1v) is 8.36. The van der Waals surface area contributed by atoms with Gasteiger partial charge in [0, 0.05) is 0 Å². The summed E-state index contributed by atoms with van der Waals surface area (Å²) in [5.41, 5.74) is 0.355. The van der Waals surface area contributed by atoms with Crippen LogP contribution in [0, 0.1) is 5.41 Å². The third-order valence-electron chi connectivity index (χ3n) is 3.92. The molecule has 0 aromatic rings. The Morgan fingerprint density at radius 1 is 0.810 bits per heavy atom. The SMILES string of the molecule is CC(CCCC(C)(C)CCCC(C)OCCO)OCCO. The largest absolute Gasteiger partial charge is 0.394 e. The van der Waals surface area contributed by atoms with Crippen molar-refractivity contribution >= 4 is 0 Å². The van der Waals surface area contributed by atoms with Crippen LogP contribution in [-0.4, -0.2) is 48.8 Å². The molecule has 2 N–H and O–H groups in total. The summed E-state index contributed by atoms with van der Waals surface area (Å²) in [5.74, 6) is 0. The maximum absolute atomic E-state index is 8.72. The van der Waals surface area contributed by atoms with Gasteiger partial charge in [0.05, 0.1) is 38.6 Å². The highest BCUT2D eigenvalue weighted by molar-refractivity contribution is 4.70. The molecule has 0 spiro atoms. The Kier molecular flexibility index (Phi) is 12.3. The van der Waals surface area contributed by atoms with Crippen LogP contribution >= 0.6 is 0 Å². The summed E-state index contributed by atoms with van der Waals surface area (Å²) in [6.07, 6.45) is 7.31. The fourth-order valence-electron chi connectivity index (χ4n) is 2.54. The lowest BCUT2D eigenvalue weighted by molar-refractivity contribution is 0.0294. The van der Waals surface area contributed by atoms with E-state index in [1.54, 1.807) is 0 Å². The molecule has 0 fully saturated rings. The van der Waals surface area contributed by atoms with E-state index >= 15 is 0 Å². The van der Waals surface area contributed by atoms with Gasteiger partial charge in [0.25, 0.3) is 0 Å². The van der Waals surface area contributed by atoms with Gasteiger partial charge in [0.2, 0.25) is 0 Å². The van der Waals surface area contributed by atoms with Gasteiger partial charge in [0.15, 0.2) is 0 Å². The fourth-order valence-corrected chi connectivity index (χ4v) is 2.54. The van der Waals surface area contributed by atoms with Gasteiger partial charge in [-0.25, -0.2) is 0 Å². The lowest BCUT2D eigenvalue weighted by atomic mass is 9.82. The normalized spacial score (nSPS) is 15.1. The van der Waals surface area contributed by atoms with Crippen LogP contribution in [0.2, 0.25) is 0 Å². The van der Waals surface area contributed by atoms with E-state index in [0.717, 1.165) is 25.7 Å². The topological polar surface area (TPSA) is 58.9 Å². The Balaban J connectivity index is 3.68. The summed E-state index contributed by atoms with van der Waals surface area (Å²) in [6.45, 7) is 9.88. The van der Waals surface area contributed by atoms with Crippen molar-refractivity contribution in [3.05, 3.63) is 0 Å². The monoisotopic (exact) mass is 304 g/mol. The lowest BCUT2D eigenvalue weighted by Crippen LogP contribution is -2.16. The van der Waals surface area contributed by atoms with E-state index in [-0.39, 0.29) is 25.4 Å². The molecule has 0 heterocycles. The highest BCUT2D eigenvalue weighted by Crippen LogP contribution is 2.30. The van der Waals surface area contributed by atoms with Crippen molar-refractivity contribution in [1.29, 1.82) is 0 Å². The zero-order valence-corrected chi connectivity index (χ0v) is 14.4. The van der Waals surface area contributed by atoms with Crippen LogP contribution in [0.3, 0.4) is 0 Å². The second-order valence-corrected chi connectivity index (χ2v) is 6.76. The maximum atomic E-state index is 8.72. The molecule has 0 aromatic carbocycles. The van der Waals surface area contributed by atoms with Crippen LogP contribution < -0.4 is 0 Å². The quantitative estimate of drug-likeness (QED) is 0.517. The molecule has 4 nitrogen and oxygen atoms in total. The molecule has 0 rings (SSSR count). The van der Waals surface area contributed by atoms with E-state index in [2.05, 4.69) is 27.7 Å². The zero-order valence-electron chi connectivity index (χ0n) is 14.4. The molecule has 2 atom stereocenters. The van der Waals surface area contributed by atoms with Gasteiger partial charge < -0.3 is 19.7 Å². The standard InChI is InChI=1S/C17H36O4/c1-15(20-13-11-18)7-5-9-17(3,4)10-6-8-16(2)21-14-12-19/h15-16,18-19H,5-14H2,1-4H3. The predicted molar refractivity (Wildman–Crippen MR) is 86.5 cm³/mol. The molecule has 0 amide bonds. The van der Waals surface area contributed by atoms with Gasteiger partial charge in [-0.15, -0.1) is 0 Å². The van der Waals surface area contributed by atoms with Crippen molar-refractivity contribution in [3.63, 3.8) is 0 Å². The summed E-state index contributed by atoms with van der Waals surface area (Å²) in [7, 11) is 0. The number of aliphatic hydroxyl groups is 2. The van der Waals surface area contributed by atoms with Crippen molar-refractivity contribution < 1.29 is 19.7 Å². The third-order valence-corrected chi connectivity index (χ3v) is 3.92. The molecule has 0 aromatic heterocycles. The minimum absolute atomic E-state index is 0.104. The first-order chi connectivity index (χ1) is 9.91. The molecule has 2 unspecified atom stereocenters. The lowest BCUT2D eigenvalue weighted by Gasteiger charge is -2.26. The van der Waals surface area contributed by atoms with Crippen LogP contribution in [0.15, 0.2) is 0 Å². The molecule has 0 radical (unpaired) electrons. The fraction of sp³-hybridized carbons (Fsp3) is 1.00. The Hall–Kier alpha value is -0.160. The summed E-state index contributed by atoms with van der Waals surface area (Å²) >= 11 is 0. The van der Waals surface area contributed by atoms with Gasteiger partial charge in [-0.1, -0.05) is 26.7 Å². The zero-order chi connectivity index (χ0) is 16.1. The van der Waals surface area contributed by atoms with E-state index in [1.807, 2.05) is 0 Å². The van der Waals surface area contributed by atoms with Crippen molar-refractivity contribution in [3.8, 4) is 0 Å². The average molecular weight is 304 g/mol. The summed E-state index contributed by atoms with van der Waals surface area (Å²) in [5, 5.41) is 17.4. The Bertz CT molecular complexity index is 209. The van der Waals surface area contributed by atoms with Crippen LogP contribution in [0.25, 0.3) is 0 Å². The maximum Gasteiger partial charge on any atom is 0.0701 e. The van der Waals surface area contributed by atoms with Crippen LogP contribution in [0.1, 0.15) is 66.2 Å². The minimum atomic E-state index is 0.104. The molecular weight excluding hydrogens is 268 g/mol. The van der Waals surface area contributed by atoms with E-state index in [0.29, 0.717) is 18.6 Å². The summed E-state index contributed by atoms with van der Waals surface area (Å²) in [4.78, 5) is 0. The third kappa shape index (κ3) is 13.2. The van der Waals surface area contributed by atoms with Crippen molar-refractivity contribution in [1.82, 2.24) is 0 Å². The highest BCUT2D eigenvalue weighted by Gasteiger charge is 2.18. The van der Waals surface area contributed by atoms with E-state index in [1.165, 1.54) is 12.8 Å². The molecule has 0 aliphatic carbocycles. The van der Waals surface area contributed by atoms with Gasteiger partial charge in [-0.3, -0.25) is 0 Å². The molecular formula is C17H36O4. The number of hydrogen-bond donors (Lipinski definition) is 2. The molecule has 0 aliphatic heterocycles. The number of rotatable bonds is 14. The predicted octanol–water partition coefficient (Wildman–Crippen LogP) is 3.15. The number of hydrogen-bond acceptors (Lipinski definition) is 4. The van der Waals surface area contributed by atoms with Crippen molar-refractivity contribution in [2.75, 3.05) is 26.4 Å². The molecule has 0 saturated carbocycles. The first kappa shape index (κ1) is 20.8. The van der Waals surface area contributed by atoms with Crippen LogP contribution in [0.4, 0.5) is 0 Å². The number of ether oxygens (including phenoxy) is 2. The molecule has 21 heavy (non-hydrogen) atoms. The van der Waals surface area contributed by atoms with E-state index in [4.69, 9.17) is 19.7 Å². The highest BCUT2D eigenvalue weighted by atomic mass is 16.5. The van der Waals surface area contributed by atoms with Crippen molar-refractivity contribution in [2.45, 2.75) is 78.4 Å². The molecule has 128 valence electrons. The van der Waals surface area contributed by atoms with Gasteiger partial charge in [0.1, 0.15) is 0 Å². The molecule has 4 heteroatoms. The van der Waals surface area contributed by atoms with Crippen LogP contribution in [-0.2, 0) is 9.47 Å². The first-order valence-electron chi connectivity index (χ1n) is 8.36. The van der Waals surface area contributed by atoms with Crippen molar-refractivity contribution in [2.24, 2.45) is 5.41 Å². The smallest absolute Gasteiger partial charge is 0.0701 e. The molecule has 0 aliphatic rings. The van der Waals surface area contributed by atoms with E-state index < -0.39 is 0 Å². The Morgan fingerprint density at radius 3 is 1.52 bits per heavy atom. The Labute approximate surface area is 130 Å². The second kappa shape index (κ2) is 12.4. The van der Waals surface area contributed by atoms with E-state index in [9.17, 15) is 0 Å².